The van der Waals surface area contributed by atoms with Gasteiger partial charge in [0.05, 0.1) is 5.69 Å². The predicted molar refractivity (Wildman–Crippen MR) is 47.2 cm³/mol. The molecule has 0 unspecified atom stereocenters. The van der Waals surface area contributed by atoms with Crippen LogP contribution in [0.2, 0.25) is 0 Å². The number of carbonyl (C=O) groups excluding carboxylic acids is 1. The van der Waals surface area contributed by atoms with Crippen LogP contribution in [-0.2, 0) is 5.33 Å². The highest BCUT2D eigenvalue weighted by Crippen LogP contribution is 2.22. The van der Waals surface area contributed by atoms with Gasteiger partial charge in [-0.3, -0.25) is 4.79 Å². The van der Waals surface area contributed by atoms with Gasteiger partial charge >= 0.3 is 0 Å². The molecular formula is C8H5BrF3NO. The molecule has 0 aromatic carbocycles. The molecule has 6 heteroatoms. The topological polar surface area (TPSA) is 30.0 Å². The Morgan fingerprint density at radius 2 is 2.21 bits per heavy atom. The molecule has 0 atom stereocenters. The molecule has 1 aromatic rings. The van der Waals surface area contributed by atoms with Gasteiger partial charge in [-0.1, -0.05) is 15.9 Å². The molecular weight excluding hydrogens is 263 g/mol. The van der Waals surface area contributed by atoms with E-state index in [0.717, 1.165) is 6.07 Å². The molecule has 0 spiro atoms. The van der Waals surface area contributed by atoms with Gasteiger partial charge < -0.3 is 0 Å². The Labute approximate surface area is 86.3 Å². The van der Waals surface area contributed by atoms with Gasteiger partial charge in [0.2, 0.25) is 0 Å². The molecule has 0 saturated carbocycles. The van der Waals surface area contributed by atoms with Crippen LogP contribution in [-0.4, -0.2) is 11.3 Å². The number of hydrogen-bond acceptors (Lipinski definition) is 2. The summed E-state index contributed by atoms with van der Waals surface area (Å²) in [7, 11) is 0. The van der Waals surface area contributed by atoms with Crippen LogP contribution in [0.25, 0.3) is 0 Å². The largest absolute Gasteiger partial charge is 0.298 e. The van der Waals surface area contributed by atoms with Crippen LogP contribution in [0.1, 0.15) is 28.2 Å². The van der Waals surface area contributed by atoms with E-state index in [1.165, 1.54) is 0 Å². The standard InChI is InChI=1S/C8H5BrF3NO/c9-2-6-5(10)1-4(3-14)7(13-6)8(11)12/h1,3,8H,2H2. The van der Waals surface area contributed by atoms with E-state index in [1.54, 1.807) is 0 Å². The van der Waals surface area contributed by atoms with E-state index < -0.39 is 23.5 Å². The van der Waals surface area contributed by atoms with E-state index in [9.17, 15) is 18.0 Å². The van der Waals surface area contributed by atoms with E-state index in [0.29, 0.717) is 0 Å². The average molecular weight is 268 g/mol. The van der Waals surface area contributed by atoms with Crippen LogP contribution in [0.4, 0.5) is 13.2 Å². The summed E-state index contributed by atoms with van der Waals surface area (Å²) in [6, 6.07) is 0.762. The predicted octanol–water partition coefficient (Wildman–Crippen LogP) is 2.87. The molecule has 1 aromatic heterocycles. The second-order valence-corrected chi connectivity index (χ2v) is 3.00. The Morgan fingerprint density at radius 1 is 1.57 bits per heavy atom. The number of pyridine rings is 1. The maximum absolute atomic E-state index is 13.0. The van der Waals surface area contributed by atoms with Gasteiger partial charge in [0, 0.05) is 10.9 Å². The first kappa shape index (κ1) is 11.2. The zero-order valence-corrected chi connectivity index (χ0v) is 8.39. The molecule has 0 fully saturated rings. The van der Waals surface area contributed by atoms with Crippen molar-refractivity contribution in [3.8, 4) is 0 Å². The van der Waals surface area contributed by atoms with Gasteiger partial charge in [-0.2, -0.15) is 0 Å². The van der Waals surface area contributed by atoms with Crippen molar-refractivity contribution in [3.05, 3.63) is 28.8 Å². The fourth-order valence-electron chi connectivity index (χ4n) is 0.920. The molecule has 2 nitrogen and oxygen atoms in total. The summed E-state index contributed by atoms with van der Waals surface area (Å²) in [4.78, 5) is 13.7. The van der Waals surface area contributed by atoms with E-state index in [1.807, 2.05) is 0 Å². The first-order valence-corrected chi connectivity index (χ1v) is 4.71. The lowest BCUT2D eigenvalue weighted by Gasteiger charge is -2.05. The quantitative estimate of drug-likeness (QED) is 0.623. The monoisotopic (exact) mass is 267 g/mol. The van der Waals surface area contributed by atoms with Gasteiger partial charge in [-0.05, 0) is 6.07 Å². The molecule has 0 aliphatic rings. The number of rotatable bonds is 3. The van der Waals surface area contributed by atoms with E-state index in [2.05, 4.69) is 20.9 Å². The van der Waals surface area contributed by atoms with Crippen molar-refractivity contribution in [1.82, 2.24) is 4.98 Å². The highest BCUT2D eigenvalue weighted by atomic mass is 79.9. The SMILES string of the molecule is O=Cc1cc(F)c(CBr)nc1C(F)F. The third kappa shape index (κ3) is 2.12. The Kier molecular flexibility index (Phi) is 3.62. The smallest absolute Gasteiger partial charge is 0.281 e. The molecule has 0 radical (unpaired) electrons. The summed E-state index contributed by atoms with van der Waals surface area (Å²) < 4.78 is 37.6. The Bertz CT molecular complexity index is 357. The van der Waals surface area contributed by atoms with Crippen molar-refractivity contribution in [2.24, 2.45) is 0 Å². The maximum Gasteiger partial charge on any atom is 0.281 e. The molecule has 76 valence electrons. The third-order valence-corrected chi connectivity index (χ3v) is 2.10. The van der Waals surface area contributed by atoms with Crippen LogP contribution >= 0.6 is 15.9 Å². The second kappa shape index (κ2) is 4.54. The van der Waals surface area contributed by atoms with E-state index in [-0.39, 0.29) is 17.3 Å². The molecule has 14 heavy (non-hydrogen) atoms. The minimum atomic E-state index is -2.88. The Hall–Kier alpha value is -0.910. The molecule has 0 bridgehead atoms. The van der Waals surface area contributed by atoms with Crippen molar-refractivity contribution in [3.63, 3.8) is 0 Å². The fourth-order valence-corrected chi connectivity index (χ4v) is 1.31. The normalized spacial score (nSPS) is 10.6. The number of aldehydes is 1. The Morgan fingerprint density at radius 3 is 2.64 bits per heavy atom. The third-order valence-electron chi connectivity index (χ3n) is 1.57. The highest BCUT2D eigenvalue weighted by Gasteiger charge is 2.17. The second-order valence-electron chi connectivity index (χ2n) is 2.44. The molecule has 0 N–H and O–H groups in total. The zero-order chi connectivity index (χ0) is 10.7. The minimum Gasteiger partial charge on any atom is -0.298 e. The molecule has 0 aliphatic heterocycles. The number of aromatic nitrogens is 1. The van der Waals surface area contributed by atoms with E-state index in [4.69, 9.17) is 0 Å². The van der Waals surface area contributed by atoms with Gasteiger partial charge in [0.15, 0.2) is 6.29 Å². The average Bonchev–Trinajstić information content (AvgIpc) is 2.16. The number of alkyl halides is 3. The number of halogens is 4. The summed E-state index contributed by atoms with van der Waals surface area (Å²) in [6.07, 6.45) is -2.72. The highest BCUT2D eigenvalue weighted by molar-refractivity contribution is 9.08. The number of hydrogen-bond donors (Lipinski definition) is 0. The van der Waals surface area contributed by atoms with Crippen molar-refractivity contribution in [2.45, 2.75) is 11.8 Å². The first-order valence-electron chi connectivity index (χ1n) is 3.58. The van der Waals surface area contributed by atoms with Crippen LogP contribution < -0.4 is 0 Å². The summed E-state index contributed by atoms with van der Waals surface area (Å²) in [5, 5.41) is 0.0255. The van der Waals surface area contributed by atoms with Crippen LogP contribution in [0, 0.1) is 5.82 Å². The van der Waals surface area contributed by atoms with Gasteiger partial charge in [-0.25, -0.2) is 18.2 Å². The molecule has 0 aliphatic carbocycles. The van der Waals surface area contributed by atoms with Gasteiger partial charge in [0.25, 0.3) is 6.43 Å². The number of carbonyl (C=O) groups is 1. The van der Waals surface area contributed by atoms with Crippen LogP contribution in [0.3, 0.4) is 0 Å². The lowest BCUT2D eigenvalue weighted by Crippen LogP contribution is -2.03. The Balaban J connectivity index is 3.32. The molecule has 1 rings (SSSR count). The first-order chi connectivity index (χ1) is 6.60. The lowest BCUT2D eigenvalue weighted by atomic mass is 10.2. The minimum absolute atomic E-state index is 0.0255. The maximum atomic E-state index is 13.0. The van der Waals surface area contributed by atoms with Gasteiger partial charge in [-0.15, -0.1) is 0 Å². The fraction of sp³-hybridized carbons (Fsp3) is 0.250. The summed E-state index contributed by atoms with van der Waals surface area (Å²) in [5.41, 5.74) is -1.23. The molecule has 0 saturated heterocycles. The summed E-state index contributed by atoms with van der Waals surface area (Å²) >= 11 is 2.90. The molecule has 1 heterocycles. The van der Waals surface area contributed by atoms with Crippen molar-refractivity contribution in [2.75, 3.05) is 0 Å². The van der Waals surface area contributed by atoms with E-state index >= 15 is 0 Å². The van der Waals surface area contributed by atoms with Crippen molar-refractivity contribution in [1.29, 1.82) is 0 Å². The molecule has 0 amide bonds. The van der Waals surface area contributed by atoms with Crippen LogP contribution in [0.15, 0.2) is 6.07 Å². The summed E-state index contributed by atoms with van der Waals surface area (Å²) in [6.45, 7) is 0. The number of nitrogens with zero attached hydrogens (tertiary/aromatic N) is 1. The lowest BCUT2D eigenvalue weighted by molar-refractivity contribution is 0.110. The summed E-state index contributed by atoms with van der Waals surface area (Å²) in [5.74, 6) is -0.770. The van der Waals surface area contributed by atoms with Crippen molar-refractivity contribution >= 4 is 22.2 Å². The zero-order valence-electron chi connectivity index (χ0n) is 6.81. The van der Waals surface area contributed by atoms with Crippen molar-refractivity contribution < 1.29 is 18.0 Å². The van der Waals surface area contributed by atoms with Crippen LogP contribution in [0.5, 0.6) is 0 Å². The van der Waals surface area contributed by atoms with Gasteiger partial charge in [0.1, 0.15) is 11.5 Å².